The van der Waals surface area contributed by atoms with Crippen LogP contribution in [0.15, 0.2) is 12.1 Å². The van der Waals surface area contributed by atoms with Crippen molar-refractivity contribution < 1.29 is 8.78 Å². The molecular weight excluding hydrogens is 292 g/mol. The Morgan fingerprint density at radius 3 is 2.24 bits per heavy atom. The third-order valence-corrected chi connectivity index (χ3v) is 4.09. The van der Waals surface area contributed by atoms with Crippen LogP contribution in [-0.2, 0) is 0 Å². The van der Waals surface area contributed by atoms with Crippen LogP contribution in [0.5, 0.6) is 0 Å². The minimum absolute atomic E-state index is 0.00374. The second kappa shape index (κ2) is 6.66. The molecule has 0 atom stereocenters. The molecule has 0 saturated carbocycles. The summed E-state index contributed by atoms with van der Waals surface area (Å²) >= 11 is 4.76. The normalized spacial score (nSPS) is 16.5. The van der Waals surface area contributed by atoms with E-state index in [0.717, 1.165) is 19.4 Å². The first kappa shape index (κ1) is 16.1. The smallest absolute Gasteiger partial charge is 0.150 e. The Bertz CT molecular complexity index is 503. The van der Waals surface area contributed by atoms with Crippen LogP contribution in [0, 0.1) is 17.6 Å². The number of rotatable bonds is 4. The van der Waals surface area contributed by atoms with Crippen LogP contribution in [0.2, 0.25) is 0 Å². The molecule has 0 aliphatic carbocycles. The molecule has 0 bridgehead atoms. The largest absolute Gasteiger partial charge is 0.389 e. The van der Waals surface area contributed by atoms with E-state index >= 15 is 0 Å². The highest BCUT2D eigenvalue weighted by Crippen LogP contribution is 2.29. The number of anilines is 1. The molecule has 6 heteroatoms. The van der Waals surface area contributed by atoms with Crippen molar-refractivity contribution in [2.45, 2.75) is 12.8 Å². The van der Waals surface area contributed by atoms with E-state index < -0.39 is 11.6 Å². The summed E-state index contributed by atoms with van der Waals surface area (Å²) in [7, 11) is 4.08. The predicted molar refractivity (Wildman–Crippen MR) is 85.7 cm³/mol. The van der Waals surface area contributed by atoms with Crippen LogP contribution in [0.4, 0.5) is 14.5 Å². The van der Waals surface area contributed by atoms with E-state index in [-0.39, 0.29) is 16.2 Å². The van der Waals surface area contributed by atoms with Crippen molar-refractivity contribution in [1.29, 1.82) is 0 Å². The first-order valence-corrected chi connectivity index (χ1v) is 7.48. The molecule has 0 amide bonds. The summed E-state index contributed by atoms with van der Waals surface area (Å²) in [5.74, 6) is -0.606. The molecule has 2 rings (SSSR count). The van der Waals surface area contributed by atoms with Crippen molar-refractivity contribution in [2.75, 3.05) is 38.6 Å². The molecule has 1 aliphatic heterocycles. The van der Waals surface area contributed by atoms with Gasteiger partial charge in [0.25, 0.3) is 0 Å². The van der Waals surface area contributed by atoms with Crippen molar-refractivity contribution in [3.05, 3.63) is 29.3 Å². The van der Waals surface area contributed by atoms with Crippen LogP contribution >= 0.6 is 12.2 Å². The molecule has 1 fully saturated rings. The number of thiocarbonyl (C=S) groups is 1. The Kier molecular flexibility index (Phi) is 5.11. The fraction of sp³-hybridized carbons (Fsp3) is 0.533. The summed E-state index contributed by atoms with van der Waals surface area (Å²) in [5.41, 5.74) is 5.69. The maximum absolute atomic E-state index is 14.2. The van der Waals surface area contributed by atoms with Gasteiger partial charge in [-0.2, -0.15) is 0 Å². The van der Waals surface area contributed by atoms with Crippen molar-refractivity contribution in [3.63, 3.8) is 0 Å². The molecule has 1 aliphatic rings. The summed E-state index contributed by atoms with van der Waals surface area (Å²) < 4.78 is 28.3. The van der Waals surface area contributed by atoms with Gasteiger partial charge in [-0.15, -0.1) is 0 Å². The Morgan fingerprint density at radius 2 is 1.81 bits per heavy atom. The molecule has 1 aromatic carbocycles. The average Bonchev–Trinajstić information content (AvgIpc) is 2.39. The van der Waals surface area contributed by atoms with Gasteiger partial charge in [-0.1, -0.05) is 12.2 Å². The number of benzene rings is 1. The monoisotopic (exact) mass is 313 g/mol. The van der Waals surface area contributed by atoms with Crippen molar-refractivity contribution in [1.82, 2.24) is 4.90 Å². The topological polar surface area (TPSA) is 32.5 Å². The SMILES string of the molecule is CN(C)CC1CCN(c2c(F)cc(C(N)=S)cc2F)CC1. The molecule has 0 aromatic heterocycles. The van der Waals surface area contributed by atoms with Crippen LogP contribution in [0.25, 0.3) is 0 Å². The first-order chi connectivity index (χ1) is 9.88. The highest BCUT2D eigenvalue weighted by molar-refractivity contribution is 7.80. The van der Waals surface area contributed by atoms with Crippen LogP contribution < -0.4 is 10.6 Å². The van der Waals surface area contributed by atoms with E-state index in [1.165, 1.54) is 12.1 Å². The second-order valence-electron chi connectivity index (χ2n) is 5.85. The minimum atomic E-state index is -0.594. The first-order valence-electron chi connectivity index (χ1n) is 7.07. The van der Waals surface area contributed by atoms with Gasteiger partial charge in [0.05, 0.1) is 0 Å². The van der Waals surface area contributed by atoms with Gasteiger partial charge in [0, 0.05) is 25.2 Å². The highest BCUT2D eigenvalue weighted by atomic mass is 32.1. The Hall–Kier alpha value is -1.27. The molecule has 0 spiro atoms. The molecular formula is C15H21F2N3S. The Balaban J connectivity index is 2.12. The van der Waals surface area contributed by atoms with Gasteiger partial charge in [0.1, 0.15) is 22.3 Å². The lowest BCUT2D eigenvalue weighted by atomic mass is 9.96. The van der Waals surface area contributed by atoms with E-state index in [0.29, 0.717) is 19.0 Å². The van der Waals surface area contributed by atoms with Gasteiger partial charge in [0.15, 0.2) is 0 Å². The Morgan fingerprint density at radius 1 is 1.29 bits per heavy atom. The molecule has 2 N–H and O–H groups in total. The Labute approximate surface area is 129 Å². The maximum atomic E-state index is 14.2. The fourth-order valence-electron chi connectivity index (χ4n) is 2.87. The summed E-state index contributed by atoms with van der Waals surface area (Å²) in [6.45, 7) is 2.34. The second-order valence-corrected chi connectivity index (χ2v) is 6.29. The molecule has 21 heavy (non-hydrogen) atoms. The summed E-state index contributed by atoms with van der Waals surface area (Å²) in [5, 5.41) is 0. The van der Waals surface area contributed by atoms with Crippen molar-refractivity contribution in [2.24, 2.45) is 11.7 Å². The van der Waals surface area contributed by atoms with Gasteiger partial charge in [-0.3, -0.25) is 0 Å². The van der Waals surface area contributed by atoms with Gasteiger partial charge >= 0.3 is 0 Å². The molecule has 1 heterocycles. The van der Waals surface area contributed by atoms with Crippen LogP contribution in [0.3, 0.4) is 0 Å². The van der Waals surface area contributed by atoms with E-state index in [1.807, 2.05) is 14.1 Å². The van der Waals surface area contributed by atoms with Gasteiger partial charge < -0.3 is 15.5 Å². The van der Waals surface area contributed by atoms with Crippen molar-refractivity contribution in [3.8, 4) is 0 Å². The van der Waals surface area contributed by atoms with E-state index in [9.17, 15) is 8.78 Å². The zero-order valence-electron chi connectivity index (χ0n) is 12.4. The minimum Gasteiger partial charge on any atom is -0.389 e. The average molecular weight is 313 g/mol. The van der Waals surface area contributed by atoms with E-state index in [1.54, 1.807) is 4.90 Å². The zero-order chi connectivity index (χ0) is 15.6. The molecule has 0 unspecified atom stereocenters. The third-order valence-electron chi connectivity index (χ3n) is 3.86. The van der Waals surface area contributed by atoms with Gasteiger partial charge in [-0.25, -0.2) is 8.78 Å². The molecule has 0 radical (unpaired) electrons. The lowest BCUT2D eigenvalue weighted by Crippen LogP contribution is -2.38. The molecule has 3 nitrogen and oxygen atoms in total. The number of hydrogen-bond acceptors (Lipinski definition) is 3. The number of hydrogen-bond donors (Lipinski definition) is 1. The molecule has 1 aromatic rings. The standard InChI is InChI=1S/C15H21F2N3S/c1-19(2)9-10-3-5-20(6-4-10)14-12(16)7-11(15(18)21)8-13(14)17/h7-8,10H,3-6,9H2,1-2H3,(H2,18,21). The lowest BCUT2D eigenvalue weighted by molar-refractivity contribution is 0.284. The van der Waals surface area contributed by atoms with Gasteiger partial charge in [-0.05, 0) is 45.0 Å². The number of nitrogens with two attached hydrogens (primary N) is 1. The number of halogens is 2. The highest BCUT2D eigenvalue weighted by Gasteiger charge is 2.24. The summed E-state index contributed by atoms with van der Waals surface area (Å²) in [4.78, 5) is 3.93. The maximum Gasteiger partial charge on any atom is 0.150 e. The summed E-state index contributed by atoms with van der Waals surface area (Å²) in [6.07, 6.45) is 1.88. The van der Waals surface area contributed by atoms with Gasteiger partial charge in [0.2, 0.25) is 0 Å². The fourth-order valence-corrected chi connectivity index (χ4v) is 2.98. The van der Waals surface area contributed by atoms with Crippen molar-refractivity contribution >= 4 is 22.9 Å². The lowest BCUT2D eigenvalue weighted by Gasteiger charge is -2.35. The number of piperidine rings is 1. The van der Waals surface area contributed by atoms with E-state index in [2.05, 4.69) is 4.90 Å². The quantitative estimate of drug-likeness (QED) is 0.865. The molecule has 1 saturated heterocycles. The zero-order valence-corrected chi connectivity index (χ0v) is 13.2. The number of nitrogens with zero attached hydrogens (tertiary/aromatic N) is 2. The molecule has 116 valence electrons. The predicted octanol–water partition coefficient (Wildman–Crippen LogP) is 2.38. The van der Waals surface area contributed by atoms with E-state index in [4.69, 9.17) is 18.0 Å². The third kappa shape index (κ3) is 3.89. The van der Waals surface area contributed by atoms with Crippen LogP contribution in [-0.4, -0.2) is 43.6 Å². The summed E-state index contributed by atoms with van der Waals surface area (Å²) in [6, 6.07) is 2.43. The van der Waals surface area contributed by atoms with Crippen LogP contribution in [0.1, 0.15) is 18.4 Å².